The van der Waals surface area contributed by atoms with Crippen LogP contribution in [0.1, 0.15) is 17.0 Å². The van der Waals surface area contributed by atoms with Gasteiger partial charge >= 0.3 is 0 Å². The first kappa shape index (κ1) is 8.28. The van der Waals surface area contributed by atoms with Crippen molar-refractivity contribution in [3.05, 3.63) is 30.1 Å². The van der Waals surface area contributed by atoms with Gasteiger partial charge in [0.05, 0.1) is 5.69 Å². The van der Waals surface area contributed by atoms with Gasteiger partial charge in [-0.25, -0.2) is 0 Å². The Bertz CT molecular complexity index is 366. The highest BCUT2D eigenvalue weighted by atomic mass is 15.3. The summed E-state index contributed by atoms with van der Waals surface area (Å²) in [7, 11) is 1.72. The molecule has 60 valence electrons. The molecule has 0 atom stereocenters. The van der Waals surface area contributed by atoms with Crippen LogP contribution in [0.5, 0.6) is 0 Å². The number of rotatable bonds is 2. The molecular weight excluding hydrogens is 150 g/mol. The first-order valence-corrected chi connectivity index (χ1v) is 3.46. The molecule has 1 aromatic rings. The summed E-state index contributed by atoms with van der Waals surface area (Å²) in [6, 6.07) is 2.05. The highest BCUT2D eigenvalue weighted by Crippen LogP contribution is 2.14. The van der Waals surface area contributed by atoms with Crippen LogP contribution >= 0.6 is 0 Å². The summed E-state index contributed by atoms with van der Waals surface area (Å²) in [5.74, 6) is 0. The van der Waals surface area contributed by atoms with E-state index in [2.05, 4.69) is 24.3 Å². The molecule has 0 saturated heterocycles. The molecule has 3 heteroatoms. The van der Waals surface area contributed by atoms with Crippen LogP contribution in [0.3, 0.4) is 0 Å². The van der Waals surface area contributed by atoms with E-state index in [0.717, 1.165) is 5.56 Å². The van der Waals surface area contributed by atoms with Crippen molar-refractivity contribution < 1.29 is 0 Å². The van der Waals surface area contributed by atoms with Gasteiger partial charge in [-0.2, -0.15) is 10.4 Å². The standard InChI is InChI=1S/C9H9N3/c1-4-7-8(5-2)11-12(3)9(7)6-10/h4-5H,1-2H2,3H3. The van der Waals surface area contributed by atoms with Crippen molar-refractivity contribution in [3.63, 3.8) is 0 Å². The Morgan fingerprint density at radius 2 is 2.17 bits per heavy atom. The summed E-state index contributed by atoms with van der Waals surface area (Å²) < 4.78 is 1.52. The monoisotopic (exact) mass is 159 g/mol. The number of hydrogen-bond acceptors (Lipinski definition) is 2. The van der Waals surface area contributed by atoms with Crippen LogP contribution < -0.4 is 0 Å². The number of aromatic nitrogens is 2. The van der Waals surface area contributed by atoms with Crippen LogP contribution in [-0.4, -0.2) is 9.78 Å². The second kappa shape index (κ2) is 3.05. The van der Waals surface area contributed by atoms with Crippen molar-refractivity contribution in [1.82, 2.24) is 9.78 Å². The lowest BCUT2D eigenvalue weighted by atomic mass is 10.2. The first-order chi connectivity index (χ1) is 5.74. The van der Waals surface area contributed by atoms with Gasteiger partial charge < -0.3 is 0 Å². The van der Waals surface area contributed by atoms with Crippen molar-refractivity contribution in [1.29, 1.82) is 5.26 Å². The highest BCUT2D eigenvalue weighted by Gasteiger charge is 2.09. The fourth-order valence-corrected chi connectivity index (χ4v) is 1.05. The van der Waals surface area contributed by atoms with E-state index in [0.29, 0.717) is 11.4 Å². The molecule has 0 spiro atoms. The molecule has 0 aliphatic rings. The van der Waals surface area contributed by atoms with Gasteiger partial charge in [0, 0.05) is 12.6 Å². The summed E-state index contributed by atoms with van der Waals surface area (Å²) in [6.45, 7) is 7.20. The molecule has 1 rings (SSSR count). The predicted octanol–water partition coefficient (Wildman–Crippen LogP) is 1.58. The number of hydrogen-bond donors (Lipinski definition) is 0. The minimum atomic E-state index is 0.514. The van der Waals surface area contributed by atoms with Gasteiger partial charge in [-0.3, -0.25) is 4.68 Å². The first-order valence-electron chi connectivity index (χ1n) is 3.46. The van der Waals surface area contributed by atoms with Crippen LogP contribution in [0.4, 0.5) is 0 Å². The van der Waals surface area contributed by atoms with Crippen LogP contribution in [0.25, 0.3) is 12.2 Å². The van der Waals surface area contributed by atoms with E-state index in [-0.39, 0.29) is 0 Å². The van der Waals surface area contributed by atoms with Gasteiger partial charge in [0.25, 0.3) is 0 Å². The van der Waals surface area contributed by atoms with Gasteiger partial charge in [0.15, 0.2) is 0 Å². The molecule has 0 amide bonds. The maximum Gasteiger partial charge on any atom is 0.146 e. The smallest absolute Gasteiger partial charge is 0.146 e. The average molecular weight is 159 g/mol. The molecule has 1 aromatic heterocycles. The molecule has 3 nitrogen and oxygen atoms in total. The van der Waals surface area contributed by atoms with E-state index in [1.807, 2.05) is 0 Å². The zero-order valence-corrected chi connectivity index (χ0v) is 6.91. The lowest BCUT2D eigenvalue weighted by Gasteiger charge is -1.88. The molecule has 0 N–H and O–H groups in total. The van der Waals surface area contributed by atoms with Gasteiger partial charge in [0.1, 0.15) is 11.8 Å². The maximum absolute atomic E-state index is 8.75. The Hall–Kier alpha value is -1.82. The van der Waals surface area contributed by atoms with Crippen LogP contribution in [0.2, 0.25) is 0 Å². The minimum Gasteiger partial charge on any atom is -0.257 e. The second-order valence-electron chi connectivity index (χ2n) is 2.29. The zero-order valence-electron chi connectivity index (χ0n) is 6.91. The summed E-state index contributed by atoms with van der Waals surface area (Å²) in [4.78, 5) is 0. The molecule has 0 radical (unpaired) electrons. The second-order valence-corrected chi connectivity index (χ2v) is 2.29. The fraction of sp³-hybridized carbons (Fsp3) is 0.111. The summed E-state index contributed by atoms with van der Waals surface area (Å²) in [5, 5.41) is 12.8. The van der Waals surface area contributed by atoms with E-state index in [9.17, 15) is 0 Å². The number of nitrogens with zero attached hydrogens (tertiary/aromatic N) is 3. The Balaban J connectivity index is 3.47. The Morgan fingerprint density at radius 1 is 1.50 bits per heavy atom. The quantitative estimate of drug-likeness (QED) is 0.657. The van der Waals surface area contributed by atoms with Gasteiger partial charge in [-0.1, -0.05) is 19.2 Å². The van der Waals surface area contributed by atoms with Crippen molar-refractivity contribution in [2.45, 2.75) is 0 Å². The van der Waals surface area contributed by atoms with E-state index in [1.54, 1.807) is 19.2 Å². The SMILES string of the molecule is C=Cc1nn(C)c(C#N)c1C=C. The average Bonchev–Trinajstić information content (AvgIpc) is 2.40. The molecule has 1 heterocycles. The zero-order chi connectivity index (χ0) is 9.14. The highest BCUT2D eigenvalue weighted by molar-refractivity contribution is 5.65. The van der Waals surface area contributed by atoms with Crippen LogP contribution in [0.15, 0.2) is 13.2 Å². The summed E-state index contributed by atoms with van der Waals surface area (Å²) in [6.07, 6.45) is 3.22. The molecule has 0 aliphatic carbocycles. The van der Waals surface area contributed by atoms with E-state index in [4.69, 9.17) is 5.26 Å². The van der Waals surface area contributed by atoms with Crippen LogP contribution in [0, 0.1) is 11.3 Å². The lowest BCUT2D eigenvalue weighted by molar-refractivity contribution is 0.753. The largest absolute Gasteiger partial charge is 0.257 e. The van der Waals surface area contributed by atoms with E-state index < -0.39 is 0 Å². The molecule has 0 bridgehead atoms. The molecule has 0 aromatic carbocycles. The molecule has 0 saturated carbocycles. The summed E-state index contributed by atoms with van der Waals surface area (Å²) >= 11 is 0. The van der Waals surface area contributed by atoms with Crippen LogP contribution in [-0.2, 0) is 7.05 Å². The molecule has 0 aliphatic heterocycles. The summed E-state index contributed by atoms with van der Waals surface area (Å²) in [5.41, 5.74) is 1.96. The van der Waals surface area contributed by atoms with Gasteiger partial charge in [-0.15, -0.1) is 0 Å². The van der Waals surface area contributed by atoms with Crippen molar-refractivity contribution in [3.8, 4) is 6.07 Å². The Labute approximate surface area is 71.2 Å². The van der Waals surface area contributed by atoms with Crippen molar-refractivity contribution in [2.24, 2.45) is 7.05 Å². The van der Waals surface area contributed by atoms with Gasteiger partial charge in [0.2, 0.25) is 0 Å². The van der Waals surface area contributed by atoms with Crippen molar-refractivity contribution in [2.75, 3.05) is 0 Å². The predicted molar refractivity (Wildman–Crippen MR) is 48.1 cm³/mol. The third-order valence-corrected chi connectivity index (χ3v) is 1.62. The minimum absolute atomic E-state index is 0.514. The third kappa shape index (κ3) is 1.04. The topological polar surface area (TPSA) is 41.6 Å². The molecular formula is C9H9N3. The third-order valence-electron chi connectivity index (χ3n) is 1.62. The normalized spacial score (nSPS) is 9.00. The maximum atomic E-state index is 8.75. The van der Waals surface area contributed by atoms with E-state index >= 15 is 0 Å². The molecule has 0 unspecified atom stereocenters. The molecule has 0 fully saturated rings. The number of nitriles is 1. The van der Waals surface area contributed by atoms with Crippen molar-refractivity contribution >= 4 is 12.2 Å². The van der Waals surface area contributed by atoms with Gasteiger partial charge in [-0.05, 0) is 6.08 Å². The Morgan fingerprint density at radius 3 is 2.58 bits per heavy atom. The lowest BCUT2D eigenvalue weighted by Crippen LogP contribution is -1.93. The number of aryl methyl sites for hydroxylation is 1. The fourth-order valence-electron chi connectivity index (χ4n) is 1.05. The Kier molecular flexibility index (Phi) is 2.11. The van der Waals surface area contributed by atoms with E-state index in [1.165, 1.54) is 4.68 Å². The molecule has 12 heavy (non-hydrogen) atoms.